The summed E-state index contributed by atoms with van der Waals surface area (Å²) in [5, 5.41) is 0.738. The molecule has 0 radical (unpaired) electrons. The summed E-state index contributed by atoms with van der Waals surface area (Å²) in [4.78, 5) is 14.0. The number of nitrogens with zero attached hydrogens (tertiary/aromatic N) is 1. The van der Waals surface area contributed by atoms with Gasteiger partial charge in [-0.05, 0) is 62.4 Å². The smallest absolute Gasteiger partial charge is 0.410 e. The van der Waals surface area contributed by atoms with Gasteiger partial charge in [-0.3, -0.25) is 0 Å². The van der Waals surface area contributed by atoms with Gasteiger partial charge in [0.25, 0.3) is 0 Å². The number of piperidine rings is 1. The van der Waals surface area contributed by atoms with E-state index < -0.39 is 5.60 Å². The minimum atomic E-state index is -0.475. The van der Waals surface area contributed by atoms with Crippen molar-refractivity contribution in [3.63, 3.8) is 0 Å². The van der Waals surface area contributed by atoms with E-state index in [9.17, 15) is 4.79 Å². The Morgan fingerprint density at radius 3 is 2.29 bits per heavy atom. The van der Waals surface area contributed by atoms with Crippen LogP contribution >= 0.6 is 11.6 Å². The molecule has 2 aromatic carbocycles. The van der Waals surface area contributed by atoms with E-state index in [1.165, 1.54) is 0 Å². The highest BCUT2D eigenvalue weighted by molar-refractivity contribution is 6.30. The molecule has 1 saturated heterocycles. The summed E-state index contributed by atoms with van der Waals surface area (Å²) in [5.74, 6) is 0. The maximum absolute atomic E-state index is 12.3. The average Bonchev–Trinajstić information content (AvgIpc) is 2.66. The van der Waals surface area contributed by atoms with E-state index in [1.54, 1.807) is 4.90 Å². The van der Waals surface area contributed by atoms with Gasteiger partial charge in [-0.1, -0.05) is 48.0 Å². The monoisotopic (exact) mass is 401 g/mol. The zero-order valence-corrected chi connectivity index (χ0v) is 17.5. The van der Waals surface area contributed by atoms with Crippen LogP contribution in [0.2, 0.25) is 5.02 Å². The molecule has 0 spiro atoms. The molecule has 5 heteroatoms. The molecule has 28 heavy (non-hydrogen) atoms. The number of carbonyl (C=O) groups excluding carboxylic acids is 1. The number of rotatable bonds is 4. The Balaban J connectivity index is 1.52. The van der Waals surface area contributed by atoms with E-state index in [4.69, 9.17) is 21.1 Å². The van der Waals surface area contributed by atoms with Crippen molar-refractivity contribution in [1.82, 2.24) is 4.90 Å². The highest BCUT2D eigenvalue weighted by Gasteiger charge is 2.27. The Bertz CT molecular complexity index is 781. The van der Waals surface area contributed by atoms with Crippen LogP contribution in [0.3, 0.4) is 0 Å². The van der Waals surface area contributed by atoms with Crippen molar-refractivity contribution in [2.24, 2.45) is 0 Å². The van der Waals surface area contributed by atoms with E-state index >= 15 is 0 Å². The van der Waals surface area contributed by atoms with E-state index in [1.807, 2.05) is 45.0 Å². The first kappa shape index (κ1) is 20.7. The molecule has 150 valence electrons. The van der Waals surface area contributed by atoms with Crippen molar-refractivity contribution >= 4 is 17.7 Å². The van der Waals surface area contributed by atoms with E-state index in [0.717, 1.165) is 41.1 Å². The lowest BCUT2D eigenvalue weighted by atomic mass is 10.0. The van der Waals surface area contributed by atoms with Crippen molar-refractivity contribution in [3.05, 3.63) is 59.1 Å². The van der Waals surface area contributed by atoms with Crippen LogP contribution in [0.1, 0.15) is 39.2 Å². The largest absolute Gasteiger partial charge is 0.444 e. The summed E-state index contributed by atoms with van der Waals surface area (Å²) in [5.41, 5.74) is 2.93. The fourth-order valence-electron chi connectivity index (χ4n) is 3.22. The fraction of sp³-hybridized carbons (Fsp3) is 0.435. The zero-order valence-electron chi connectivity index (χ0n) is 16.8. The van der Waals surface area contributed by atoms with Crippen LogP contribution in [0.5, 0.6) is 0 Å². The van der Waals surface area contributed by atoms with Crippen molar-refractivity contribution in [1.29, 1.82) is 0 Å². The molecule has 4 nitrogen and oxygen atoms in total. The second kappa shape index (κ2) is 8.97. The van der Waals surface area contributed by atoms with Gasteiger partial charge in [0, 0.05) is 11.6 Å². The molecule has 3 rings (SSSR count). The Labute approximate surface area is 172 Å². The van der Waals surface area contributed by atoms with Crippen molar-refractivity contribution in [2.75, 3.05) is 13.1 Å². The number of ether oxygens (including phenoxy) is 2. The molecule has 1 heterocycles. The van der Waals surface area contributed by atoms with Crippen molar-refractivity contribution in [2.45, 2.75) is 51.9 Å². The van der Waals surface area contributed by atoms with Crippen LogP contribution in [-0.4, -0.2) is 35.8 Å². The van der Waals surface area contributed by atoms with Gasteiger partial charge in [-0.25, -0.2) is 4.79 Å². The summed E-state index contributed by atoms with van der Waals surface area (Å²) in [6.45, 7) is 7.50. The van der Waals surface area contributed by atoms with Gasteiger partial charge in [0.1, 0.15) is 5.60 Å². The second-order valence-electron chi connectivity index (χ2n) is 8.21. The third-order valence-corrected chi connectivity index (χ3v) is 4.90. The minimum Gasteiger partial charge on any atom is -0.444 e. The molecule has 0 bridgehead atoms. The Hall–Kier alpha value is -2.04. The lowest BCUT2D eigenvalue weighted by molar-refractivity contribution is -0.0258. The normalized spacial score (nSPS) is 17.4. The third-order valence-electron chi connectivity index (χ3n) is 4.65. The molecule has 0 aliphatic carbocycles. The number of hydrogen-bond donors (Lipinski definition) is 0. The molecule has 1 aliphatic rings. The van der Waals surface area contributed by atoms with Crippen molar-refractivity contribution < 1.29 is 14.3 Å². The minimum absolute atomic E-state index is 0.0391. The predicted molar refractivity (Wildman–Crippen MR) is 113 cm³/mol. The molecular formula is C23H28ClNO3. The topological polar surface area (TPSA) is 38.8 Å². The molecule has 0 N–H and O–H groups in total. The number of likely N-dealkylation sites (tertiary alicyclic amines) is 1. The Kier molecular flexibility index (Phi) is 6.63. The van der Waals surface area contributed by atoms with Crippen LogP contribution in [0.25, 0.3) is 11.1 Å². The molecule has 2 aromatic rings. The molecule has 1 amide bonds. The summed E-state index contributed by atoms with van der Waals surface area (Å²) < 4.78 is 11.5. The van der Waals surface area contributed by atoms with Gasteiger partial charge in [-0.2, -0.15) is 0 Å². The SMILES string of the molecule is CC(C)(C)OC(=O)N1CCCC(OCc2ccc(-c3ccc(Cl)cc3)cc2)C1. The number of benzene rings is 2. The van der Waals surface area contributed by atoms with E-state index in [2.05, 4.69) is 24.3 Å². The predicted octanol–water partition coefficient (Wildman–Crippen LogP) is 5.92. The number of hydrogen-bond acceptors (Lipinski definition) is 3. The third kappa shape index (κ3) is 5.98. The molecule has 1 atom stereocenters. The van der Waals surface area contributed by atoms with Gasteiger partial charge in [-0.15, -0.1) is 0 Å². The molecule has 1 aliphatic heterocycles. The maximum atomic E-state index is 12.3. The van der Waals surface area contributed by atoms with Crippen LogP contribution in [0.15, 0.2) is 48.5 Å². The standard InChI is InChI=1S/C23H28ClNO3/c1-23(2,3)28-22(26)25-14-4-5-21(15-25)27-16-17-6-8-18(9-7-17)19-10-12-20(24)13-11-19/h6-13,21H,4-5,14-16H2,1-3H3. The van der Waals surface area contributed by atoms with Gasteiger partial charge in [0.2, 0.25) is 0 Å². The zero-order chi connectivity index (χ0) is 20.1. The number of amides is 1. The first-order valence-corrected chi connectivity index (χ1v) is 10.1. The molecule has 0 aromatic heterocycles. The lowest BCUT2D eigenvalue weighted by Crippen LogP contribution is -2.45. The van der Waals surface area contributed by atoms with E-state index in [0.29, 0.717) is 13.2 Å². The van der Waals surface area contributed by atoms with Crippen LogP contribution in [0.4, 0.5) is 4.79 Å². The molecule has 1 unspecified atom stereocenters. The van der Waals surface area contributed by atoms with Crippen LogP contribution in [0, 0.1) is 0 Å². The number of halogens is 1. The lowest BCUT2D eigenvalue weighted by Gasteiger charge is -2.34. The fourth-order valence-corrected chi connectivity index (χ4v) is 3.34. The van der Waals surface area contributed by atoms with E-state index in [-0.39, 0.29) is 12.2 Å². The average molecular weight is 402 g/mol. The Morgan fingerprint density at radius 2 is 1.68 bits per heavy atom. The van der Waals surface area contributed by atoms with Gasteiger partial charge >= 0.3 is 6.09 Å². The first-order chi connectivity index (χ1) is 13.3. The summed E-state index contributed by atoms with van der Waals surface area (Å²) in [6.07, 6.45) is 1.67. The molecule has 1 fully saturated rings. The van der Waals surface area contributed by atoms with Crippen molar-refractivity contribution in [3.8, 4) is 11.1 Å². The highest BCUT2D eigenvalue weighted by atomic mass is 35.5. The van der Waals surface area contributed by atoms with Gasteiger partial charge in [0.05, 0.1) is 19.3 Å². The quantitative estimate of drug-likeness (QED) is 0.637. The highest BCUT2D eigenvalue weighted by Crippen LogP contribution is 2.23. The summed E-state index contributed by atoms with van der Waals surface area (Å²) in [7, 11) is 0. The summed E-state index contributed by atoms with van der Waals surface area (Å²) in [6, 6.07) is 16.2. The van der Waals surface area contributed by atoms with Gasteiger partial charge < -0.3 is 14.4 Å². The summed E-state index contributed by atoms with van der Waals surface area (Å²) >= 11 is 5.95. The van der Waals surface area contributed by atoms with Gasteiger partial charge in [0.15, 0.2) is 0 Å². The second-order valence-corrected chi connectivity index (χ2v) is 8.64. The number of carbonyl (C=O) groups is 1. The molecule has 0 saturated carbocycles. The van der Waals surface area contributed by atoms with Crippen LogP contribution < -0.4 is 0 Å². The Morgan fingerprint density at radius 1 is 1.07 bits per heavy atom. The molecular weight excluding hydrogens is 374 g/mol. The maximum Gasteiger partial charge on any atom is 0.410 e. The van der Waals surface area contributed by atoms with Crippen LogP contribution in [-0.2, 0) is 16.1 Å². The first-order valence-electron chi connectivity index (χ1n) is 9.74.